The molecule has 0 aliphatic rings. The fourth-order valence-electron chi connectivity index (χ4n) is 2.32. The van der Waals surface area contributed by atoms with Gasteiger partial charge in [-0.05, 0) is 48.0 Å². The first-order valence-electron chi connectivity index (χ1n) is 7.11. The van der Waals surface area contributed by atoms with Crippen molar-refractivity contribution < 1.29 is 13.0 Å². The van der Waals surface area contributed by atoms with E-state index in [1.807, 2.05) is 0 Å². The minimum absolute atomic E-state index is 0.251. The summed E-state index contributed by atoms with van der Waals surface area (Å²) in [6, 6.07) is 12.2. The Hall–Kier alpha value is -2.61. The van der Waals surface area contributed by atoms with E-state index in [-0.39, 0.29) is 10.5 Å². The number of aromatic amines is 1. The van der Waals surface area contributed by atoms with Crippen molar-refractivity contribution in [3.05, 3.63) is 80.0 Å². The van der Waals surface area contributed by atoms with Crippen LogP contribution in [0.1, 0.15) is 5.56 Å². The molecular weight excluding hydrogens is 364 g/mol. The molecule has 0 radical (unpaired) electrons. The van der Waals surface area contributed by atoms with Crippen LogP contribution in [0.25, 0.3) is 18.3 Å². The van der Waals surface area contributed by atoms with Crippen LogP contribution in [0.4, 0.5) is 0 Å². The van der Waals surface area contributed by atoms with Crippen LogP contribution in [0.15, 0.2) is 58.2 Å². The molecule has 0 aliphatic carbocycles. The van der Waals surface area contributed by atoms with Crippen molar-refractivity contribution in [1.29, 1.82) is 0 Å². The Morgan fingerprint density at radius 3 is 2.24 bits per heavy atom. The zero-order chi connectivity index (χ0) is 18.2. The Balaban J connectivity index is 2.10. The highest BCUT2D eigenvalue weighted by Crippen LogP contribution is 2.11. The molecular formula is C17H13ClN2O4S. The van der Waals surface area contributed by atoms with Crippen LogP contribution >= 0.6 is 11.6 Å². The summed E-state index contributed by atoms with van der Waals surface area (Å²) in [5.41, 5.74) is 0.872. The molecule has 0 saturated heterocycles. The standard InChI is InChI=1S/C17H13ClN2O4S/c1-11-16(10-12-2-4-13(18)5-3-12)17(21)20(19-11)14-6-8-15(9-7-14)25(22,23)24/h2-10,19H,1H2,(H,22,23,24)/b16-10-. The summed E-state index contributed by atoms with van der Waals surface area (Å²) in [7, 11) is -4.29. The number of aromatic nitrogens is 2. The van der Waals surface area contributed by atoms with Gasteiger partial charge in [0.15, 0.2) is 0 Å². The summed E-state index contributed by atoms with van der Waals surface area (Å²) in [6.07, 6.45) is 1.68. The Kier molecular flexibility index (Phi) is 4.38. The van der Waals surface area contributed by atoms with E-state index in [1.54, 1.807) is 30.3 Å². The molecule has 8 heteroatoms. The first-order valence-corrected chi connectivity index (χ1v) is 8.93. The molecule has 3 rings (SSSR count). The van der Waals surface area contributed by atoms with Crippen LogP contribution in [0.2, 0.25) is 5.02 Å². The van der Waals surface area contributed by atoms with E-state index < -0.39 is 10.1 Å². The van der Waals surface area contributed by atoms with Crippen molar-refractivity contribution in [3.63, 3.8) is 0 Å². The molecule has 0 bridgehead atoms. The van der Waals surface area contributed by atoms with Crippen LogP contribution in [0.5, 0.6) is 0 Å². The van der Waals surface area contributed by atoms with Gasteiger partial charge in [-0.2, -0.15) is 8.42 Å². The molecule has 0 atom stereocenters. The molecule has 0 spiro atoms. The molecule has 0 amide bonds. The Morgan fingerprint density at radius 2 is 1.68 bits per heavy atom. The minimum atomic E-state index is -4.29. The maximum absolute atomic E-state index is 12.6. The van der Waals surface area contributed by atoms with E-state index >= 15 is 0 Å². The van der Waals surface area contributed by atoms with Crippen molar-refractivity contribution in [3.8, 4) is 5.69 Å². The van der Waals surface area contributed by atoms with E-state index in [1.165, 1.54) is 28.9 Å². The van der Waals surface area contributed by atoms with Crippen molar-refractivity contribution in [2.24, 2.45) is 0 Å². The summed E-state index contributed by atoms with van der Waals surface area (Å²) >= 11 is 5.85. The highest BCUT2D eigenvalue weighted by atomic mass is 35.5. The van der Waals surface area contributed by atoms with Gasteiger partial charge in [0.25, 0.3) is 15.7 Å². The molecule has 1 aromatic heterocycles. The largest absolute Gasteiger partial charge is 0.294 e. The van der Waals surface area contributed by atoms with Gasteiger partial charge in [-0.25, -0.2) is 4.68 Å². The van der Waals surface area contributed by atoms with Gasteiger partial charge in [0.1, 0.15) is 0 Å². The molecule has 0 unspecified atom stereocenters. The Bertz CT molecular complexity index is 1190. The van der Waals surface area contributed by atoms with Crippen molar-refractivity contribution in [2.45, 2.75) is 4.90 Å². The summed E-state index contributed by atoms with van der Waals surface area (Å²) in [5.74, 6) is 0. The third-order valence-corrected chi connectivity index (χ3v) is 4.70. The molecule has 0 saturated carbocycles. The van der Waals surface area contributed by atoms with Gasteiger partial charge in [-0.1, -0.05) is 30.3 Å². The summed E-state index contributed by atoms with van der Waals surface area (Å²) in [5, 5.41) is 4.23. The lowest BCUT2D eigenvalue weighted by molar-refractivity contribution is 0.483. The van der Waals surface area contributed by atoms with Crippen molar-refractivity contribution in [2.75, 3.05) is 0 Å². The number of rotatable bonds is 3. The number of nitrogens with zero attached hydrogens (tertiary/aromatic N) is 1. The van der Waals surface area contributed by atoms with Crippen LogP contribution in [-0.2, 0) is 10.1 Å². The van der Waals surface area contributed by atoms with E-state index in [9.17, 15) is 13.2 Å². The second kappa shape index (κ2) is 6.36. The van der Waals surface area contributed by atoms with Gasteiger partial charge in [0.2, 0.25) is 0 Å². The van der Waals surface area contributed by atoms with Crippen LogP contribution < -0.4 is 16.1 Å². The summed E-state index contributed by atoms with van der Waals surface area (Å²) in [4.78, 5) is 12.4. The zero-order valence-electron chi connectivity index (χ0n) is 12.8. The minimum Gasteiger partial charge on any atom is -0.291 e. The molecule has 3 aromatic rings. The van der Waals surface area contributed by atoms with Gasteiger partial charge in [-0.3, -0.25) is 14.4 Å². The van der Waals surface area contributed by atoms with Crippen LogP contribution in [0, 0.1) is 0 Å². The van der Waals surface area contributed by atoms with Gasteiger partial charge in [-0.15, -0.1) is 0 Å². The van der Waals surface area contributed by atoms with Crippen molar-refractivity contribution in [1.82, 2.24) is 9.78 Å². The monoisotopic (exact) mass is 376 g/mol. The number of benzene rings is 2. The number of hydrogen-bond donors (Lipinski definition) is 2. The Labute approximate surface area is 148 Å². The second-order valence-electron chi connectivity index (χ2n) is 5.31. The fraction of sp³-hybridized carbons (Fsp3) is 0. The molecule has 0 fully saturated rings. The average Bonchev–Trinajstić information content (AvgIpc) is 2.84. The highest BCUT2D eigenvalue weighted by molar-refractivity contribution is 7.85. The number of hydrogen-bond acceptors (Lipinski definition) is 3. The predicted octanol–water partition coefficient (Wildman–Crippen LogP) is 1.30. The molecule has 0 aliphatic heterocycles. The second-order valence-corrected chi connectivity index (χ2v) is 7.17. The van der Waals surface area contributed by atoms with Gasteiger partial charge >= 0.3 is 0 Å². The van der Waals surface area contributed by atoms with E-state index in [0.717, 1.165) is 5.56 Å². The number of H-pyrrole nitrogens is 1. The number of nitrogens with one attached hydrogen (secondary N) is 1. The molecule has 2 aromatic carbocycles. The molecule has 1 heterocycles. The van der Waals surface area contributed by atoms with Crippen LogP contribution in [0.3, 0.4) is 0 Å². The van der Waals surface area contributed by atoms with Crippen LogP contribution in [-0.4, -0.2) is 22.8 Å². The lowest BCUT2D eigenvalue weighted by Gasteiger charge is -2.02. The maximum Gasteiger partial charge on any atom is 0.294 e. The first-order chi connectivity index (χ1) is 11.8. The van der Waals surface area contributed by atoms with E-state index in [0.29, 0.717) is 21.3 Å². The predicted molar refractivity (Wildman–Crippen MR) is 96.0 cm³/mol. The summed E-state index contributed by atoms with van der Waals surface area (Å²) in [6.45, 7) is 3.83. The third kappa shape index (κ3) is 3.58. The third-order valence-electron chi connectivity index (χ3n) is 3.58. The molecule has 25 heavy (non-hydrogen) atoms. The first kappa shape index (κ1) is 17.2. The number of halogens is 1. The SMILES string of the molecule is C=c1[nH]n(-c2ccc(S(=O)(=O)O)cc2)c(=O)/c1=C\c1ccc(Cl)cc1. The fourth-order valence-corrected chi connectivity index (χ4v) is 2.93. The lowest BCUT2D eigenvalue weighted by Crippen LogP contribution is -2.33. The molecule has 128 valence electrons. The van der Waals surface area contributed by atoms with E-state index in [4.69, 9.17) is 16.2 Å². The molecule has 6 nitrogen and oxygen atoms in total. The Morgan fingerprint density at radius 1 is 1.08 bits per heavy atom. The van der Waals surface area contributed by atoms with Gasteiger partial charge in [0, 0.05) is 5.02 Å². The summed E-state index contributed by atoms with van der Waals surface area (Å²) < 4.78 is 32.4. The smallest absolute Gasteiger partial charge is 0.291 e. The average molecular weight is 377 g/mol. The topological polar surface area (TPSA) is 92.2 Å². The molecule has 2 N–H and O–H groups in total. The van der Waals surface area contributed by atoms with Gasteiger partial charge in [0.05, 0.1) is 21.2 Å². The highest BCUT2D eigenvalue weighted by Gasteiger charge is 2.10. The van der Waals surface area contributed by atoms with Crippen molar-refractivity contribution >= 4 is 34.4 Å². The maximum atomic E-state index is 12.6. The van der Waals surface area contributed by atoms with Gasteiger partial charge < -0.3 is 0 Å². The lowest BCUT2D eigenvalue weighted by atomic mass is 10.2. The zero-order valence-corrected chi connectivity index (χ0v) is 14.4. The quantitative estimate of drug-likeness (QED) is 0.674. The van der Waals surface area contributed by atoms with E-state index in [2.05, 4.69) is 11.7 Å². The normalized spacial score (nSPS) is 12.5.